The lowest BCUT2D eigenvalue weighted by atomic mass is 10.1. The number of aromatic amines is 1. The van der Waals surface area contributed by atoms with E-state index < -0.39 is 5.56 Å². The van der Waals surface area contributed by atoms with E-state index in [4.69, 9.17) is 14.9 Å². The maximum atomic E-state index is 12.6. The number of nitrogens with one attached hydrogen (secondary N) is 1. The fourth-order valence-electron chi connectivity index (χ4n) is 4.98. The second kappa shape index (κ2) is 8.83. The molecular weight excluding hydrogens is 456 g/mol. The standard InChI is InChI=1S/C27H28N6O3/c1-16-5-10-21-20(15-16)17(2)25(36-21)24-22-23(27(34)30-29-26(22)28)31-33(24)18-6-8-19(9-7-18)35-14-13-32-11-3-4-12-32/h5-10,15H,3-4,11-14H2,1-2H3,(H2,28,29)(H,30,34). The number of nitrogens with two attached hydrogens (primary N) is 1. The van der Waals surface area contributed by atoms with Crippen LogP contribution in [0.3, 0.4) is 0 Å². The van der Waals surface area contributed by atoms with Crippen LogP contribution >= 0.6 is 0 Å². The summed E-state index contributed by atoms with van der Waals surface area (Å²) in [4.78, 5) is 15.1. The van der Waals surface area contributed by atoms with Gasteiger partial charge in [-0.3, -0.25) is 9.69 Å². The Kier molecular flexibility index (Phi) is 5.49. The van der Waals surface area contributed by atoms with Crippen LogP contribution in [-0.4, -0.2) is 51.1 Å². The first-order valence-electron chi connectivity index (χ1n) is 12.2. The van der Waals surface area contributed by atoms with E-state index in [1.54, 1.807) is 4.68 Å². The third-order valence-corrected chi connectivity index (χ3v) is 6.90. The van der Waals surface area contributed by atoms with E-state index in [9.17, 15) is 4.79 Å². The van der Waals surface area contributed by atoms with E-state index >= 15 is 0 Å². The maximum Gasteiger partial charge on any atom is 0.292 e. The first kappa shape index (κ1) is 22.4. The molecule has 2 aromatic carbocycles. The third kappa shape index (κ3) is 3.81. The topological polar surface area (TPSA) is 115 Å². The summed E-state index contributed by atoms with van der Waals surface area (Å²) in [5.74, 6) is 1.57. The lowest BCUT2D eigenvalue weighted by Gasteiger charge is -2.15. The van der Waals surface area contributed by atoms with Gasteiger partial charge in [0.2, 0.25) is 0 Å². The van der Waals surface area contributed by atoms with Crippen molar-refractivity contribution >= 4 is 27.7 Å². The smallest absolute Gasteiger partial charge is 0.292 e. The Morgan fingerprint density at radius 1 is 1.11 bits per heavy atom. The molecule has 1 aliphatic rings. The minimum absolute atomic E-state index is 0.184. The lowest BCUT2D eigenvalue weighted by molar-refractivity contribution is 0.238. The van der Waals surface area contributed by atoms with E-state index in [0.717, 1.165) is 53.2 Å². The van der Waals surface area contributed by atoms with E-state index in [2.05, 4.69) is 26.3 Å². The number of aryl methyl sites for hydroxylation is 2. The molecule has 1 aliphatic heterocycles. The normalized spacial score (nSPS) is 14.3. The van der Waals surface area contributed by atoms with Crippen LogP contribution in [0.15, 0.2) is 51.7 Å². The molecule has 1 fully saturated rings. The van der Waals surface area contributed by atoms with Crippen LogP contribution in [0, 0.1) is 13.8 Å². The van der Waals surface area contributed by atoms with Gasteiger partial charge in [0.25, 0.3) is 5.56 Å². The molecule has 6 rings (SSSR count). The van der Waals surface area contributed by atoms with E-state index in [0.29, 0.717) is 23.4 Å². The fourth-order valence-corrected chi connectivity index (χ4v) is 4.98. The zero-order chi connectivity index (χ0) is 24.8. The molecule has 36 heavy (non-hydrogen) atoms. The summed E-state index contributed by atoms with van der Waals surface area (Å²) in [7, 11) is 0. The van der Waals surface area contributed by atoms with Gasteiger partial charge >= 0.3 is 0 Å². The number of benzene rings is 2. The average Bonchev–Trinajstić information content (AvgIpc) is 3.61. The Labute approximate surface area is 207 Å². The predicted octanol–water partition coefficient (Wildman–Crippen LogP) is 4.20. The van der Waals surface area contributed by atoms with Gasteiger partial charge in [-0.1, -0.05) is 11.6 Å². The van der Waals surface area contributed by atoms with Crippen LogP contribution in [0.4, 0.5) is 5.82 Å². The highest BCUT2D eigenvalue weighted by Gasteiger charge is 2.25. The predicted molar refractivity (Wildman–Crippen MR) is 140 cm³/mol. The number of likely N-dealkylation sites (tertiary alicyclic amines) is 1. The number of nitrogen functional groups attached to an aromatic ring is 1. The molecule has 9 heteroatoms. The minimum atomic E-state index is -0.411. The molecule has 3 aromatic heterocycles. The van der Waals surface area contributed by atoms with Crippen molar-refractivity contribution in [2.24, 2.45) is 0 Å². The minimum Gasteiger partial charge on any atom is -0.492 e. The van der Waals surface area contributed by atoms with Crippen molar-refractivity contribution in [3.63, 3.8) is 0 Å². The monoisotopic (exact) mass is 484 g/mol. The number of aromatic nitrogens is 4. The van der Waals surface area contributed by atoms with Crippen LogP contribution in [0.5, 0.6) is 5.75 Å². The highest BCUT2D eigenvalue weighted by atomic mass is 16.5. The Morgan fingerprint density at radius 3 is 2.67 bits per heavy atom. The van der Waals surface area contributed by atoms with Gasteiger partial charge < -0.3 is 14.9 Å². The van der Waals surface area contributed by atoms with Crippen LogP contribution in [-0.2, 0) is 0 Å². The molecule has 3 N–H and O–H groups in total. The fraction of sp³-hybridized carbons (Fsp3) is 0.296. The number of hydrogen-bond donors (Lipinski definition) is 2. The van der Waals surface area contributed by atoms with Crippen LogP contribution < -0.4 is 16.0 Å². The van der Waals surface area contributed by atoms with Crippen LogP contribution in [0.25, 0.3) is 39.0 Å². The van der Waals surface area contributed by atoms with Crippen molar-refractivity contribution in [1.82, 2.24) is 24.9 Å². The van der Waals surface area contributed by atoms with Gasteiger partial charge in [-0.05, 0) is 76.2 Å². The summed E-state index contributed by atoms with van der Waals surface area (Å²) in [5, 5.41) is 12.5. The molecule has 0 saturated carbocycles. The van der Waals surface area contributed by atoms with E-state index in [1.807, 2.05) is 50.2 Å². The molecule has 0 bridgehead atoms. The number of nitrogens with zero attached hydrogens (tertiary/aromatic N) is 4. The van der Waals surface area contributed by atoms with Crippen LogP contribution in [0.1, 0.15) is 24.0 Å². The Bertz CT molecular complexity index is 1620. The molecule has 184 valence electrons. The van der Waals surface area contributed by atoms with Crippen molar-refractivity contribution in [2.75, 3.05) is 32.0 Å². The molecule has 0 unspecified atom stereocenters. The van der Waals surface area contributed by atoms with Gasteiger partial charge in [-0.25, -0.2) is 9.78 Å². The highest BCUT2D eigenvalue weighted by molar-refractivity contribution is 6.02. The molecule has 1 saturated heterocycles. The maximum absolute atomic E-state index is 12.6. The second-order valence-corrected chi connectivity index (χ2v) is 9.37. The zero-order valence-electron chi connectivity index (χ0n) is 20.4. The molecule has 5 aromatic rings. The van der Waals surface area contributed by atoms with Crippen molar-refractivity contribution < 1.29 is 9.15 Å². The number of fused-ring (bicyclic) bond motifs is 2. The first-order valence-corrected chi connectivity index (χ1v) is 12.2. The number of hydrogen-bond acceptors (Lipinski definition) is 7. The van der Waals surface area contributed by atoms with Crippen molar-refractivity contribution in [2.45, 2.75) is 26.7 Å². The quantitative estimate of drug-likeness (QED) is 0.371. The molecule has 0 amide bonds. The molecule has 0 aliphatic carbocycles. The molecule has 4 heterocycles. The Balaban J connectivity index is 1.43. The summed E-state index contributed by atoms with van der Waals surface area (Å²) in [5.41, 5.74) is 10.2. The Morgan fingerprint density at radius 2 is 1.89 bits per heavy atom. The van der Waals surface area contributed by atoms with Gasteiger partial charge in [0, 0.05) is 17.5 Å². The van der Waals surface area contributed by atoms with Crippen molar-refractivity contribution in [3.05, 3.63) is 63.9 Å². The van der Waals surface area contributed by atoms with Gasteiger partial charge in [0.05, 0.1) is 11.1 Å². The first-order chi connectivity index (χ1) is 17.5. The molecular formula is C27H28N6O3. The summed E-state index contributed by atoms with van der Waals surface area (Å²) < 4.78 is 14.0. The highest BCUT2D eigenvalue weighted by Crippen LogP contribution is 2.39. The molecule has 0 atom stereocenters. The van der Waals surface area contributed by atoms with Gasteiger partial charge in [-0.15, -0.1) is 0 Å². The molecule has 9 nitrogen and oxygen atoms in total. The van der Waals surface area contributed by atoms with Crippen LogP contribution in [0.2, 0.25) is 0 Å². The number of rotatable bonds is 6. The summed E-state index contributed by atoms with van der Waals surface area (Å²) in [6.07, 6.45) is 2.53. The zero-order valence-corrected chi connectivity index (χ0v) is 20.4. The second-order valence-electron chi connectivity index (χ2n) is 9.37. The van der Waals surface area contributed by atoms with Crippen molar-refractivity contribution in [1.29, 1.82) is 0 Å². The number of furan rings is 1. The third-order valence-electron chi connectivity index (χ3n) is 6.90. The number of H-pyrrole nitrogens is 1. The Hall–Kier alpha value is -4.11. The van der Waals surface area contributed by atoms with Gasteiger partial charge in [0.1, 0.15) is 23.6 Å². The molecule has 0 spiro atoms. The number of anilines is 1. The average molecular weight is 485 g/mol. The summed E-state index contributed by atoms with van der Waals surface area (Å²) >= 11 is 0. The van der Waals surface area contributed by atoms with Gasteiger partial charge in [0.15, 0.2) is 17.1 Å². The summed E-state index contributed by atoms with van der Waals surface area (Å²) in [6, 6.07) is 13.7. The molecule has 0 radical (unpaired) electrons. The SMILES string of the molecule is Cc1ccc2oc(-c3c4c(N)n[nH]c(=O)c4nn3-c3ccc(OCCN4CCCC4)cc3)c(C)c2c1. The lowest BCUT2D eigenvalue weighted by Crippen LogP contribution is -2.25. The summed E-state index contributed by atoms with van der Waals surface area (Å²) in [6.45, 7) is 7.91. The largest absolute Gasteiger partial charge is 0.492 e. The van der Waals surface area contributed by atoms with E-state index in [1.165, 1.54) is 12.8 Å². The van der Waals surface area contributed by atoms with Gasteiger partial charge in [-0.2, -0.15) is 10.2 Å². The number of ether oxygens (including phenoxy) is 1. The van der Waals surface area contributed by atoms with E-state index in [-0.39, 0.29) is 11.3 Å². The van der Waals surface area contributed by atoms with Crippen molar-refractivity contribution in [3.8, 4) is 22.9 Å².